The summed E-state index contributed by atoms with van der Waals surface area (Å²) in [5.74, 6) is 1.92. The number of hydrogen-bond acceptors (Lipinski definition) is 7. The number of methoxy groups -OCH3 is 1. The Balaban J connectivity index is 1.13. The first-order valence-electron chi connectivity index (χ1n) is 19.1. The summed E-state index contributed by atoms with van der Waals surface area (Å²) in [6.45, 7) is 23.5. The van der Waals surface area contributed by atoms with Crippen LogP contribution in [0.4, 0.5) is 5.69 Å². The zero-order valence-corrected chi connectivity index (χ0v) is 32.4. The monoisotopic (exact) mass is 722 g/mol. The fourth-order valence-corrected chi connectivity index (χ4v) is 8.24. The molecule has 7 rings (SSSR count). The quantitative estimate of drug-likeness (QED) is 0.0764. The first-order chi connectivity index (χ1) is 26.1. The Morgan fingerprint density at radius 2 is 1.65 bits per heavy atom. The van der Waals surface area contributed by atoms with Crippen LogP contribution in [-0.2, 0) is 22.6 Å². The van der Waals surface area contributed by atoms with Gasteiger partial charge in [0.25, 0.3) is 0 Å². The van der Waals surface area contributed by atoms with Gasteiger partial charge in [0.1, 0.15) is 11.9 Å². The van der Waals surface area contributed by atoms with Gasteiger partial charge in [0.2, 0.25) is 11.6 Å². The number of carbonyl (C=O) groups excluding carboxylic acids is 1. The maximum Gasteiger partial charge on any atom is 0.302 e. The van der Waals surface area contributed by atoms with Gasteiger partial charge in [0.05, 0.1) is 19.2 Å². The zero-order valence-electron chi connectivity index (χ0n) is 32.4. The van der Waals surface area contributed by atoms with Crippen molar-refractivity contribution < 1.29 is 18.7 Å². The Hall–Kier alpha value is -5.23. The molecule has 8 nitrogen and oxygen atoms in total. The number of aryl methyl sites for hydroxylation is 1. The molecule has 2 saturated heterocycles. The smallest absolute Gasteiger partial charge is 0.302 e. The fourth-order valence-electron chi connectivity index (χ4n) is 8.24. The molecular weight excluding hydrogens is 673 g/mol. The van der Waals surface area contributed by atoms with E-state index in [9.17, 15) is 4.79 Å². The van der Waals surface area contributed by atoms with E-state index < -0.39 is 0 Å². The van der Waals surface area contributed by atoms with Gasteiger partial charge in [-0.3, -0.25) is 14.6 Å². The molecule has 2 atom stereocenters. The highest BCUT2D eigenvalue weighted by molar-refractivity contribution is 5.90. The number of rotatable bonds is 11. The van der Waals surface area contributed by atoms with E-state index >= 15 is 0 Å². The lowest BCUT2D eigenvalue weighted by Gasteiger charge is -2.19. The van der Waals surface area contributed by atoms with Crippen LogP contribution in [0.3, 0.4) is 0 Å². The number of aromatic nitrogens is 1. The van der Waals surface area contributed by atoms with Gasteiger partial charge >= 0.3 is 5.97 Å². The topological polar surface area (TPSA) is 72.4 Å². The predicted octanol–water partition coefficient (Wildman–Crippen LogP) is 10.2. The normalized spacial score (nSPS) is 17.8. The third-order valence-corrected chi connectivity index (χ3v) is 11.3. The van der Waals surface area contributed by atoms with Crippen LogP contribution in [0.5, 0.6) is 5.75 Å². The minimum atomic E-state index is -0.223. The van der Waals surface area contributed by atoms with Crippen LogP contribution in [0.15, 0.2) is 65.1 Å². The van der Waals surface area contributed by atoms with E-state index in [4.69, 9.17) is 25.4 Å². The van der Waals surface area contributed by atoms with E-state index in [1.807, 2.05) is 6.07 Å². The minimum absolute atomic E-state index is 0.0467. The molecule has 0 N–H and O–H groups in total. The third-order valence-electron chi connectivity index (χ3n) is 11.3. The summed E-state index contributed by atoms with van der Waals surface area (Å²) >= 11 is 0. The number of fused-ring (bicyclic) bond motifs is 1. The molecule has 2 aliphatic heterocycles. The van der Waals surface area contributed by atoms with Gasteiger partial charge in [-0.1, -0.05) is 61.9 Å². The number of benzene rings is 4. The highest BCUT2D eigenvalue weighted by atomic mass is 16.5. The molecule has 4 aromatic carbocycles. The summed E-state index contributed by atoms with van der Waals surface area (Å²) < 4.78 is 17.7. The second kappa shape index (κ2) is 16.0. The summed E-state index contributed by atoms with van der Waals surface area (Å²) in [5.41, 5.74) is 12.9. The highest BCUT2D eigenvalue weighted by Gasteiger charge is 2.26. The zero-order chi connectivity index (χ0) is 37.9. The van der Waals surface area contributed by atoms with Crippen LogP contribution in [-0.4, -0.2) is 60.1 Å². The fraction of sp³-hybridized carbons (Fsp3) is 0.370. The maximum atomic E-state index is 11.4. The Kier molecular flexibility index (Phi) is 11.0. The molecule has 0 radical (unpaired) electrons. The van der Waals surface area contributed by atoms with Crippen LogP contribution in [0.2, 0.25) is 0 Å². The lowest BCUT2D eigenvalue weighted by Crippen LogP contribution is -2.24. The van der Waals surface area contributed by atoms with Crippen LogP contribution in [0, 0.1) is 33.3 Å². The summed E-state index contributed by atoms with van der Waals surface area (Å²) in [4.78, 5) is 25.0. The molecule has 2 aliphatic rings. The Bertz CT molecular complexity index is 2260. The molecular formula is C46H50N4O4. The minimum Gasteiger partial charge on any atom is -0.496 e. The van der Waals surface area contributed by atoms with Gasteiger partial charge in [-0.25, -0.2) is 9.83 Å². The number of ether oxygens (including phenoxy) is 2. The number of likely N-dealkylation sites (tertiary alicyclic amines) is 2. The van der Waals surface area contributed by atoms with Crippen molar-refractivity contribution in [3.05, 3.63) is 111 Å². The summed E-state index contributed by atoms with van der Waals surface area (Å²) in [5, 5.41) is 0. The number of esters is 1. The van der Waals surface area contributed by atoms with Crippen molar-refractivity contribution in [3.8, 4) is 28.3 Å². The molecule has 5 aromatic rings. The van der Waals surface area contributed by atoms with Crippen LogP contribution in [0.1, 0.15) is 72.1 Å². The molecule has 0 amide bonds. The Morgan fingerprint density at radius 3 is 2.39 bits per heavy atom. The molecule has 8 heteroatoms. The molecule has 278 valence electrons. The lowest BCUT2D eigenvalue weighted by atomic mass is 9.91. The Morgan fingerprint density at radius 1 is 0.926 bits per heavy atom. The largest absolute Gasteiger partial charge is 0.496 e. The molecule has 0 spiro atoms. The number of carbonyl (C=O) groups is 1. The van der Waals surface area contributed by atoms with Gasteiger partial charge in [-0.2, -0.15) is 0 Å². The first-order valence-corrected chi connectivity index (χ1v) is 19.1. The SMILES string of the molecule is [C-]#[N+]c1cc(CN2CC[C@@H](CC)C2)cc2nc(-c3cccc(-c4cccc(/C=C/c5cc(OC)c(CN6CC[C@@H](OC(C)=O)C6)cc5C)c4C)c3C)oc12. The average molecular weight is 723 g/mol. The summed E-state index contributed by atoms with van der Waals surface area (Å²) in [6, 6.07) is 21.1. The molecule has 0 saturated carbocycles. The van der Waals surface area contributed by atoms with E-state index in [0.29, 0.717) is 17.2 Å². The van der Waals surface area contributed by atoms with Crippen molar-refractivity contribution in [2.24, 2.45) is 5.92 Å². The number of hydrogen-bond donors (Lipinski definition) is 0. The van der Waals surface area contributed by atoms with Crippen molar-refractivity contribution in [1.29, 1.82) is 0 Å². The van der Waals surface area contributed by atoms with E-state index in [2.05, 4.69) is 109 Å². The standard InChI is InChI=1S/C46H50N4O4/c1-8-33-17-19-49(25-33)26-34-22-42(47-6)45-43(23-34)48-46(54-45)41-14-10-13-40(31(41)4)39-12-9-11-35(30(39)3)15-16-36-24-44(52-7)37(21-29(36)2)27-50-20-18-38(28-50)53-32(5)51/h9-16,21-24,33,38H,8,17-20,25-28H2,1-5,7H3/b16-15+/t33-,38-/m1/s1. The van der Waals surface area contributed by atoms with Gasteiger partial charge in [0.15, 0.2) is 5.58 Å². The molecule has 2 fully saturated rings. The van der Waals surface area contributed by atoms with Gasteiger partial charge in [0, 0.05) is 50.8 Å². The summed E-state index contributed by atoms with van der Waals surface area (Å²) in [7, 11) is 1.72. The van der Waals surface area contributed by atoms with Crippen LogP contribution < -0.4 is 4.74 Å². The third kappa shape index (κ3) is 7.84. The van der Waals surface area contributed by atoms with E-state index in [1.54, 1.807) is 7.11 Å². The molecule has 0 aliphatic carbocycles. The first kappa shape index (κ1) is 37.1. The van der Waals surface area contributed by atoms with Crippen LogP contribution >= 0.6 is 0 Å². The van der Waals surface area contributed by atoms with E-state index in [1.165, 1.54) is 30.9 Å². The van der Waals surface area contributed by atoms with E-state index in [-0.39, 0.29) is 12.1 Å². The van der Waals surface area contributed by atoms with Gasteiger partial charge < -0.3 is 13.9 Å². The molecule has 3 heterocycles. The van der Waals surface area contributed by atoms with Crippen molar-refractivity contribution >= 4 is 34.9 Å². The van der Waals surface area contributed by atoms with Crippen molar-refractivity contribution in [1.82, 2.24) is 14.8 Å². The molecule has 0 bridgehead atoms. The van der Waals surface area contributed by atoms with Crippen molar-refractivity contribution in [2.45, 2.75) is 73.1 Å². The molecule has 0 unspecified atom stereocenters. The maximum absolute atomic E-state index is 11.4. The summed E-state index contributed by atoms with van der Waals surface area (Å²) in [6.07, 6.45) is 7.60. The molecule has 1 aromatic heterocycles. The lowest BCUT2D eigenvalue weighted by molar-refractivity contribution is -0.145. The second-order valence-electron chi connectivity index (χ2n) is 15.0. The number of oxazole rings is 1. The van der Waals surface area contributed by atoms with Crippen LogP contribution in [0.25, 0.3) is 50.7 Å². The Labute approximate surface area is 319 Å². The second-order valence-corrected chi connectivity index (χ2v) is 15.0. The van der Waals surface area contributed by atoms with Crippen molar-refractivity contribution in [3.63, 3.8) is 0 Å². The molecule has 54 heavy (non-hydrogen) atoms. The average Bonchev–Trinajstić information content (AvgIpc) is 3.92. The van der Waals surface area contributed by atoms with Crippen molar-refractivity contribution in [2.75, 3.05) is 33.3 Å². The van der Waals surface area contributed by atoms with E-state index in [0.717, 1.165) is 107 Å². The predicted molar refractivity (Wildman–Crippen MR) is 216 cm³/mol. The number of nitrogens with zero attached hydrogens (tertiary/aromatic N) is 4. The van der Waals surface area contributed by atoms with Gasteiger partial charge in [-0.05, 0) is 115 Å². The van der Waals surface area contributed by atoms with Gasteiger partial charge in [-0.15, -0.1) is 0 Å². The highest BCUT2D eigenvalue weighted by Crippen LogP contribution is 2.38.